The molecular formula is C22H30IN3O2S. The first-order valence-corrected chi connectivity index (χ1v) is 11.5. The van der Waals surface area contributed by atoms with E-state index in [9.17, 15) is 8.42 Å². The van der Waals surface area contributed by atoms with E-state index in [0.29, 0.717) is 16.9 Å². The Morgan fingerprint density at radius 1 is 1.07 bits per heavy atom. The third-order valence-electron chi connectivity index (χ3n) is 5.33. The first-order valence-electron chi connectivity index (χ1n) is 9.59. The van der Waals surface area contributed by atoms with Gasteiger partial charge in [0, 0.05) is 26.4 Å². The standard InChI is InChI=1S/C22H29N3O2S.HI/c1-17-13-19(9-10-20(17)28(3,26)27)15-24-21(23-2)25-16-22(11-12-22)14-18-7-5-4-6-8-18;/h4-10,13H,11-12,14-16H2,1-3H3,(H2,23,24,25);1H. The highest BCUT2D eigenvalue weighted by Gasteiger charge is 2.42. The summed E-state index contributed by atoms with van der Waals surface area (Å²) in [5.74, 6) is 0.768. The zero-order valence-corrected chi connectivity index (χ0v) is 20.4. The summed E-state index contributed by atoms with van der Waals surface area (Å²) in [5.41, 5.74) is 3.50. The summed E-state index contributed by atoms with van der Waals surface area (Å²) in [6.07, 6.45) is 4.79. The van der Waals surface area contributed by atoms with Gasteiger partial charge in [0.15, 0.2) is 15.8 Å². The fraction of sp³-hybridized carbons (Fsp3) is 0.409. The molecule has 2 N–H and O–H groups in total. The van der Waals surface area contributed by atoms with E-state index < -0.39 is 9.84 Å². The molecule has 0 atom stereocenters. The molecule has 0 unspecified atom stereocenters. The Balaban J connectivity index is 0.00000300. The van der Waals surface area contributed by atoms with Gasteiger partial charge in [0.25, 0.3) is 0 Å². The lowest BCUT2D eigenvalue weighted by atomic mass is 9.96. The van der Waals surface area contributed by atoms with Crippen molar-refractivity contribution >= 4 is 39.8 Å². The molecule has 158 valence electrons. The predicted molar refractivity (Wildman–Crippen MR) is 130 cm³/mol. The van der Waals surface area contributed by atoms with E-state index in [0.717, 1.165) is 30.1 Å². The Morgan fingerprint density at radius 2 is 1.76 bits per heavy atom. The Labute approximate surface area is 191 Å². The Kier molecular flexibility index (Phi) is 8.10. The molecule has 0 aromatic heterocycles. The van der Waals surface area contributed by atoms with Gasteiger partial charge in [0.2, 0.25) is 0 Å². The van der Waals surface area contributed by atoms with Gasteiger partial charge in [0.05, 0.1) is 4.90 Å². The third kappa shape index (κ3) is 6.70. The van der Waals surface area contributed by atoms with Gasteiger partial charge in [0.1, 0.15) is 0 Å². The quantitative estimate of drug-likeness (QED) is 0.327. The number of guanidine groups is 1. The number of aliphatic imine (C=N–C) groups is 1. The van der Waals surface area contributed by atoms with Crippen LogP contribution in [0.2, 0.25) is 0 Å². The minimum absolute atomic E-state index is 0. The molecule has 1 saturated carbocycles. The molecule has 2 aromatic carbocycles. The SMILES string of the molecule is CN=C(NCc1ccc(S(C)(=O)=O)c(C)c1)NCC1(Cc2ccccc2)CC1.I. The van der Waals surface area contributed by atoms with Crippen molar-refractivity contribution in [2.24, 2.45) is 10.4 Å². The number of nitrogens with one attached hydrogen (secondary N) is 2. The molecule has 1 fully saturated rings. The number of sulfone groups is 1. The Bertz CT molecular complexity index is 955. The largest absolute Gasteiger partial charge is 0.356 e. The molecule has 0 saturated heterocycles. The maximum atomic E-state index is 11.7. The molecule has 0 aliphatic heterocycles. The Morgan fingerprint density at radius 3 is 2.31 bits per heavy atom. The highest BCUT2D eigenvalue weighted by Crippen LogP contribution is 2.47. The van der Waals surface area contributed by atoms with Crippen molar-refractivity contribution in [2.75, 3.05) is 19.8 Å². The number of rotatable bonds is 7. The van der Waals surface area contributed by atoms with Gasteiger partial charge in [-0.3, -0.25) is 4.99 Å². The zero-order chi connectivity index (χ0) is 20.2. The second-order valence-electron chi connectivity index (χ2n) is 7.81. The lowest BCUT2D eigenvalue weighted by Gasteiger charge is -2.19. The normalized spacial score (nSPS) is 15.3. The van der Waals surface area contributed by atoms with Crippen molar-refractivity contribution in [1.82, 2.24) is 10.6 Å². The lowest BCUT2D eigenvalue weighted by Crippen LogP contribution is -2.40. The van der Waals surface area contributed by atoms with Gasteiger partial charge in [-0.25, -0.2) is 8.42 Å². The topological polar surface area (TPSA) is 70.6 Å². The number of halogens is 1. The molecule has 0 spiro atoms. The summed E-state index contributed by atoms with van der Waals surface area (Å²) in [7, 11) is -1.42. The predicted octanol–water partition coefficient (Wildman–Crippen LogP) is 3.70. The highest BCUT2D eigenvalue weighted by molar-refractivity contribution is 14.0. The van der Waals surface area contributed by atoms with E-state index in [1.165, 1.54) is 24.7 Å². The van der Waals surface area contributed by atoms with Crippen LogP contribution in [0.4, 0.5) is 0 Å². The van der Waals surface area contributed by atoms with Gasteiger partial charge in [-0.1, -0.05) is 42.5 Å². The molecule has 3 rings (SSSR count). The van der Waals surface area contributed by atoms with Crippen LogP contribution < -0.4 is 10.6 Å². The number of hydrogen-bond donors (Lipinski definition) is 2. The van der Waals surface area contributed by atoms with Gasteiger partial charge in [-0.05, 0) is 54.4 Å². The summed E-state index contributed by atoms with van der Waals surface area (Å²) in [6, 6.07) is 16.1. The molecule has 1 aliphatic carbocycles. The van der Waals surface area contributed by atoms with Crippen LogP contribution in [0.1, 0.15) is 29.5 Å². The first kappa shape index (κ1) is 23.7. The highest BCUT2D eigenvalue weighted by atomic mass is 127. The van der Waals surface area contributed by atoms with Crippen molar-refractivity contribution in [3.8, 4) is 0 Å². The molecular weight excluding hydrogens is 497 g/mol. The van der Waals surface area contributed by atoms with Crippen molar-refractivity contribution in [3.63, 3.8) is 0 Å². The van der Waals surface area contributed by atoms with Crippen molar-refractivity contribution in [3.05, 3.63) is 65.2 Å². The average molecular weight is 527 g/mol. The van der Waals surface area contributed by atoms with Crippen LogP contribution in [0.15, 0.2) is 58.4 Å². The van der Waals surface area contributed by atoms with Crippen LogP contribution in [0.3, 0.4) is 0 Å². The van der Waals surface area contributed by atoms with Crippen LogP contribution in [0.5, 0.6) is 0 Å². The van der Waals surface area contributed by atoms with E-state index in [1.807, 2.05) is 19.1 Å². The maximum absolute atomic E-state index is 11.7. The monoisotopic (exact) mass is 527 g/mol. The Hall–Kier alpha value is -1.61. The fourth-order valence-electron chi connectivity index (χ4n) is 3.54. The number of nitrogens with zero attached hydrogens (tertiary/aromatic N) is 1. The van der Waals surface area contributed by atoms with Gasteiger partial charge in [-0.15, -0.1) is 24.0 Å². The van der Waals surface area contributed by atoms with Crippen LogP contribution in [0, 0.1) is 12.3 Å². The summed E-state index contributed by atoms with van der Waals surface area (Å²) in [5, 5.41) is 6.78. The smallest absolute Gasteiger partial charge is 0.191 e. The van der Waals surface area contributed by atoms with Crippen LogP contribution in [0.25, 0.3) is 0 Å². The molecule has 5 nitrogen and oxygen atoms in total. The van der Waals surface area contributed by atoms with Gasteiger partial charge >= 0.3 is 0 Å². The molecule has 1 aliphatic rings. The minimum atomic E-state index is -3.19. The van der Waals surface area contributed by atoms with E-state index in [2.05, 4.69) is 46.0 Å². The molecule has 7 heteroatoms. The molecule has 29 heavy (non-hydrogen) atoms. The molecule has 0 amide bonds. The fourth-order valence-corrected chi connectivity index (χ4v) is 4.50. The zero-order valence-electron chi connectivity index (χ0n) is 17.2. The van der Waals surface area contributed by atoms with Crippen LogP contribution in [-0.2, 0) is 22.8 Å². The second kappa shape index (κ2) is 9.93. The van der Waals surface area contributed by atoms with Crippen molar-refractivity contribution in [1.29, 1.82) is 0 Å². The molecule has 0 radical (unpaired) electrons. The molecule has 0 bridgehead atoms. The maximum Gasteiger partial charge on any atom is 0.191 e. The van der Waals surface area contributed by atoms with Gasteiger partial charge < -0.3 is 10.6 Å². The van der Waals surface area contributed by atoms with Crippen LogP contribution in [-0.4, -0.2) is 34.2 Å². The van der Waals surface area contributed by atoms with E-state index in [1.54, 1.807) is 13.1 Å². The number of hydrogen-bond acceptors (Lipinski definition) is 3. The second-order valence-corrected chi connectivity index (χ2v) is 9.80. The summed E-state index contributed by atoms with van der Waals surface area (Å²) in [6.45, 7) is 3.32. The van der Waals surface area contributed by atoms with Gasteiger partial charge in [-0.2, -0.15) is 0 Å². The average Bonchev–Trinajstić information content (AvgIpc) is 3.41. The lowest BCUT2D eigenvalue weighted by molar-refractivity contribution is 0.492. The number of benzene rings is 2. The summed E-state index contributed by atoms with van der Waals surface area (Å²) >= 11 is 0. The van der Waals surface area contributed by atoms with Crippen molar-refractivity contribution in [2.45, 2.75) is 37.6 Å². The van der Waals surface area contributed by atoms with Crippen LogP contribution >= 0.6 is 24.0 Å². The minimum Gasteiger partial charge on any atom is -0.356 e. The van der Waals surface area contributed by atoms with E-state index in [-0.39, 0.29) is 24.0 Å². The summed E-state index contributed by atoms with van der Waals surface area (Å²) in [4.78, 5) is 4.70. The molecule has 0 heterocycles. The summed E-state index contributed by atoms with van der Waals surface area (Å²) < 4.78 is 23.5. The van der Waals surface area contributed by atoms with E-state index in [4.69, 9.17) is 0 Å². The van der Waals surface area contributed by atoms with E-state index >= 15 is 0 Å². The first-order chi connectivity index (χ1) is 13.3. The molecule has 2 aromatic rings. The third-order valence-corrected chi connectivity index (χ3v) is 6.59. The van der Waals surface area contributed by atoms with Crippen molar-refractivity contribution < 1.29 is 8.42 Å². The number of aryl methyl sites for hydroxylation is 1.